The van der Waals surface area contributed by atoms with E-state index in [9.17, 15) is 4.79 Å². The molecule has 2 atom stereocenters. The van der Waals surface area contributed by atoms with E-state index in [1.807, 2.05) is 6.92 Å². The molecule has 1 saturated carbocycles. The van der Waals surface area contributed by atoms with Gasteiger partial charge in [-0.25, -0.2) is 0 Å². The number of carbonyl (C=O) groups excluding carboxylic acids is 1. The number of rotatable bonds is 4. The number of hydrogen-bond donors (Lipinski definition) is 0. The lowest BCUT2D eigenvalue weighted by atomic mass is 9.79. The lowest BCUT2D eigenvalue weighted by Gasteiger charge is -2.40. The number of nitrogens with zero attached hydrogens (tertiary/aromatic N) is 3. The minimum atomic E-state index is 0.229. The molecule has 0 spiro atoms. The molecule has 5 heteroatoms. The first-order chi connectivity index (χ1) is 10.3. The van der Waals surface area contributed by atoms with E-state index in [1.165, 1.54) is 19.3 Å². The number of ketones is 1. The van der Waals surface area contributed by atoms with E-state index in [0.717, 1.165) is 44.5 Å². The molecule has 1 aromatic heterocycles. The highest BCUT2D eigenvalue weighted by Crippen LogP contribution is 2.32. The summed E-state index contributed by atoms with van der Waals surface area (Å²) >= 11 is 0. The van der Waals surface area contributed by atoms with Gasteiger partial charge in [-0.05, 0) is 32.2 Å². The van der Waals surface area contributed by atoms with Crippen LogP contribution in [0.25, 0.3) is 0 Å². The molecule has 2 heterocycles. The Kier molecular flexibility index (Phi) is 4.68. The monoisotopic (exact) mass is 291 g/mol. The highest BCUT2D eigenvalue weighted by atomic mass is 16.5. The molecule has 21 heavy (non-hydrogen) atoms. The van der Waals surface area contributed by atoms with Crippen LogP contribution in [0.3, 0.4) is 0 Å². The van der Waals surface area contributed by atoms with Crippen LogP contribution in [0.1, 0.15) is 63.6 Å². The average Bonchev–Trinajstić information content (AvgIpc) is 2.96. The standard InChI is InChI=1S/C16H25N3O2/c1-2-15-17-16(21-18-15)11-19-10-6-5-8-13(19)12-7-3-4-9-14(12)20/h12-13H,2-11H2,1H3. The fraction of sp³-hybridized carbons (Fsp3) is 0.812. The van der Waals surface area contributed by atoms with E-state index in [4.69, 9.17) is 4.52 Å². The number of piperidine rings is 1. The zero-order valence-corrected chi connectivity index (χ0v) is 12.9. The van der Waals surface area contributed by atoms with Crippen molar-refractivity contribution in [1.82, 2.24) is 15.0 Å². The summed E-state index contributed by atoms with van der Waals surface area (Å²) in [4.78, 5) is 19.1. The van der Waals surface area contributed by atoms with Crippen molar-refractivity contribution in [2.24, 2.45) is 5.92 Å². The van der Waals surface area contributed by atoms with Crippen LogP contribution in [0.2, 0.25) is 0 Å². The molecule has 1 aliphatic heterocycles. The molecule has 2 unspecified atom stereocenters. The fourth-order valence-electron chi connectivity index (χ4n) is 3.76. The van der Waals surface area contributed by atoms with Gasteiger partial charge in [0.05, 0.1) is 6.54 Å². The number of carbonyl (C=O) groups is 1. The molecular formula is C16H25N3O2. The maximum absolute atomic E-state index is 12.3. The predicted octanol–water partition coefficient (Wildman–Crippen LogP) is 2.75. The molecule has 0 aromatic carbocycles. The van der Waals surface area contributed by atoms with Gasteiger partial charge in [-0.15, -0.1) is 0 Å². The van der Waals surface area contributed by atoms with Crippen LogP contribution < -0.4 is 0 Å². The van der Waals surface area contributed by atoms with Crippen molar-refractivity contribution in [2.75, 3.05) is 6.54 Å². The first-order valence-corrected chi connectivity index (χ1v) is 8.36. The molecule has 1 aliphatic carbocycles. The van der Waals surface area contributed by atoms with Gasteiger partial charge in [-0.1, -0.05) is 24.9 Å². The summed E-state index contributed by atoms with van der Waals surface area (Å²) in [5.41, 5.74) is 0. The van der Waals surface area contributed by atoms with Crippen molar-refractivity contribution >= 4 is 5.78 Å². The van der Waals surface area contributed by atoms with Crippen LogP contribution in [0.15, 0.2) is 4.52 Å². The highest BCUT2D eigenvalue weighted by molar-refractivity contribution is 5.82. The molecule has 116 valence electrons. The SMILES string of the molecule is CCc1noc(CN2CCCCC2C2CCCCC2=O)n1. The molecule has 0 radical (unpaired) electrons. The van der Waals surface area contributed by atoms with Crippen molar-refractivity contribution in [3.05, 3.63) is 11.7 Å². The summed E-state index contributed by atoms with van der Waals surface area (Å²) in [7, 11) is 0. The van der Waals surface area contributed by atoms with E-state index in [-0.39, 0.29) is 5.92 Å². The molecule has 1 aromatic rings. The Morgan fingerprint density at radius 2 is 2.10 bits per heavy atom. The number of aromatic nitrogens is 2. The third-order valence-electron chi connectivity index (χ3n) is 4.90. The van der Waals surface area contributed by atoms with Gasteiger partial charge in [-0.2, -0.15) is 4.98 Å². The highest BCUT2D eigenvalue weighted by Gasteiger charge is 2.35. The van der Waals surface area contributed by atoms with Crippen molar-refractivity contribution < 1.29 is 9.32 Å². The smallest absolute Gasteiger partial charge is 0.240 e. The van der Waals surface area contributed by atoms with E-state index < -0.39 is 0 Å². The maximum atomic E-state index is 12.3. The van der Waals surface area contributed by atoms with Crippen LogP contribution >= 0.6 is 0 Å². The maximum Gasteiger partial charge on any atom is 0.240 e. The largest absolute Gasteiger partial charge is 0.338 e. The topological polar surface area (TPSA) is 59.2 Å². The number of hydrogen-bond acceptors (Lipinski definition) is 5. The second kappa shape index (κ2) is 6.69. The molecule has 0 bridgehead atoms. The molecule has 3 rings (SSSR count). The van der Waals surface area contributed by atoms with Crippen molar-refractivity contribution in [1.29, 1.82) is 0 Å². The number of aryl methyl sites for hydroxylation is 1. The van der Waals surface area contributed by atoms with E-state index in [2.05, 4.69) is 15.0 Å². The quantitative estimate of drug-likeness (QED) is 0.853. The summed E-state index contributed by atoms with van der Waals surface area (Å²) in [6.45, 7) is 3.76. The molecule has 1 saturated heterocycles. The zero-order valence-electron chi connectivity index (χ0n) is 12.9. The molecule has 2 fully saturated rings. The van der Waals surface area contributed by atoms with Crippen molar-refractivity contribution in [3.8, 4) is 0 Å². The fourth-order valence-corrected chi connectivity index (χ4v) is 3.76. The summed E-state index contributed by atoms with van der Waals surface area (Å²) in [5.74, 6) is 2.17. The van der Waals surface area contributed by atoms with E-state index >= 15 is 0 Å². The van der Waals surface area contributed by atoms with Crippen molar-refractivity contribution in [2.45, 2.75) is 70.9 Å². The summed E-state index contributed by atoms with van der Waals surface area (Å²) < 4.78 is 5.33. The lowest BCUT2D eigenvalue weighted by molar-refractivity contribution is -0.128. The summed E-state index contributed by atoms with van der Waals surface area (Å²) in [5, 5.41) is 3.97. The van der Waals surface area contributed by atoms with Gasteiger partial charge in [0.1, 0.15) is 5.78 Å². The molecule has 5 nitrogen and oxygen atoms in total. The van der Waals surface area contributed by atoms with Crippen LogP contribution in [-0.4, -0.2) is 33.4 Å². The van der Waals surface area contributed by atoms with Gasteiger partial charge in [0, 0.05) is 24.8 Å². The number of likely N-dealkylation sites (tertiary alicyclic amines) is 1. The van der Waals surface area contributed by atoms with Crippen LogP contribution in [-0.2, 0) is 17.8 Å². The Bertz CT molecular complexity index is 486. The molecular weight excluding hydrogens is 266 g/mol. The van der Waals surface area contributed by atoms with Gasteiger partial charge in [-0.3, -0.25) is 9.69 Å². The van der Waals surface area contributed by atoms with Crippen LogP contribution in [0.4, 0.5) is 0 Å². The summed E-state index contributed by atoms with van der Waals surface area (Å²) in [6, 6.07) is 0.378. The third-order valence-corrected chi connectivity index (χ3v) is 4.90. The average molecular weight is 291 g/mol. The normalized spacial score (nSPS) is 28.0. The van der Waals surface area contributed by atoms with Crippen molar-refractivity contribution in [3.63, 3.8) is 0 Å². The lowest BCUT2D eigenvalue weighted by Crippen LogP contribution is -2.47. The zero-order chi connectivity index (χ0) is 14.7. The minimum Gasteiger partial charge on any atom is -0.338 e. The predicted molar refractivity (Wildman–Crippen MR) is 78.7 cm³/mol. The van der Waals surface area contributed by atoms with Gasteiger partial charge in [0.2, 0.25) is 5.89 Å². The van der Waals surface area contributed by atoms with Gasteiger partial charge in [0.15, 0.2) is 5.82 Å². The third kappa shape index (κ3) is 3.34. The second-order valence-electron chi connectivity index (χ2n) is 6.31. The van der Waals surface area contributed by atoms with E-state index in [1.54, 1.807) is 0 Å². The Labute approximate surface area is 126 Å². The first-order valence-electron chi connectivity index (χ1n) is 8.36. The number of Topliss-reactive ketones (excluding diaryl/α,β-unsaturated/α-hetero) is 1. The second-order valence-corrected chi connectivity index (χ2v) is 6.31. The summed E-state index contributed by atoms with van der Waals surface area (Å²) in [6.07, 6.45) is 8.47. The minimum absolute atomic E-state index is 0.229. The molecule has 2 aliphatic rings. The molecule has 0 N–H and O–H groups in total. The van der Waals surface area contributed by atoms with Gasteiger partial charge >= 0.3 is 0 Å². The Hall–Kier alpha value is -1.23. The Balaban J connectivity index is 1.70. The van der Waals surface area contributed by atoms with Gasteiger partial charge < -0.3 is 4.52 Å². The van der Waals surface area contributed by atoms with E-state index in [0.29, 0.717) is 24.3 Å². The van der Waals surface area contributed by atoms with Crippen LogP contribution in [0, 0.1) is 5.92 Å². The molecule has 0 amide bonds. The first kappa shape index (κ1) is 14.7. The Morgan fingerprint density at radius 3 is 2.86 bits per heavy atom. The van der Waals surface area contributed by atoms with Gasteiger partial charge in [0.25, 0.3) is 0 Å². The van der Waals surface area contributed by atoms with Crippen LogP contribution in [0.5, 0.6) is 0 Å². The Morgan fingerprint density at radius 1 is 1.24 bits per heavy atom.